The van der Waals surface area contributed by atoms with Crippen molar-refractivity contribution >= 4 is 41.2 Å². The molecule has 3 N–H and O–H groups in total. The van der Waals surface area contributed by atoms with Crippen molar-refractivity contribution in [3.8, 4) is 0 Å². The van der Waals surface area contributed by atoms with Crippen LogP contribution in [0.3, 0.4) is 0 Å². The number of hydrogen-bond acceptors (Lipinski definition) is 5. The summed E-state index contributed by atoms with van der Waals surface area (Å²) in [4.78, 5) is 35.8. The number of hydrazone groups is 1. The van der Waals surface area contributed by atoms with Gasteiger partial charge in [-0.1, -0.05) is 29.3 Å². The van der Waals surface area contributed by atoms with Gasteiger partial charge >= 0.3 is 11.8 Å². The fourth-order valence-corrected chi connectivity index (χ4v) is 2.58. The smallest absolute Gasteiger partial charge is 0.313 e. The molecule has 3 rings (SSSR count). The van der Waals surface area contributed by atoms with Crippen LogP contribution in [0.15, 0.2) is 70.2 Å². The van der Waals surface area contributed by atoms with Crippen LogP contribution in [0.2, 0.25) is 5.02 Å². The molecule has 8 nitrogen and oxygen atoms in total. The Hall–Kier alpha value is -3.91. The Morgan fingerprint density at radius 3 is 2.39 bits per heavy atom. The maximum Gasteiger partial charge on any atom is 0.313 e. The molecule has 0 aliphatic heterocycles. The van der Waals surface area contributed by atoms with Gasteiger partial charge in [0.05, 0.1) is 12.8 Å². The molecule has 1 aromatic heterocycles. The number of nitrogens with one attached hydrogen (secondary N) is 3. The summed E-state index contributed by atoms with van der Waals surface area (Å²) in [7, 11) is 0. The van der Waals surface area contributed by atoms with E-state index in [2.05, 4.69) is 21.2 Å². The number of halogens is 1. The van der Waals surface area contributed by atoms with Crippen molar-refractivity contribution in [1.29, 1.82) is 0 Å². The summed E-state index contributed by atoms with van der Waals surface area (Å²) in [5.41, 5.74) is 4.36. The number of amides is 3. The third-order valence-corrected chi connectivity index (χ3v) is 4.34. The van der Waals surface area contributed by atoms with E-state index in [1.54, 1.807) is 48.5 Å². The molecule has 0 spiro atoms. The second kappa shape index (κ2) is 10.2. The molecule has 31 heavy (non-hydrogen) atoms. The first-order chi connectivity index (χ1) is 14.9. The molecule has 0 radical (unpaired) electrons. The van der Waals surface area contributed by atoms with Gasteiger partial charge in [0.15, 0.2) is 0 Å². The minimum atomic E-state index is -0.789. The zero-order chi connectivity index (χ0) is 22.2. The van der Waals surface area contributed by atoms with E-state index in [-0.39, 0.29) is 6.54 Å². The van der Waals surface area contributed by atoms with Crippen LogP contribution >= 0.6 is 11.6 Å². The fourth-order valence-electron chi connectivity index (χ4n) is 2.45. The van der Waals surface area contributed by atoms with Gasteiger partial charge in [0, 0.05) is 16.3 Å². The predicted octanol–water partition coefficient (Wildman–Crippen LogP) is 3.26. The highest BCUT2D eigenvalue weighted by Gasteiger charge is 2.14. The van der Waals surface area contributed by atoms with Crippen LogP contribution < -0.4 is 16.1 Å². The topological polar surface area (TPSA) is 113 Å². The Kier molecular flexibility index (Phi) is 7.18. The molecule has 3 aromatic rings. The first-order valence-corrected chi connectivity index (χ1v) is 9.62. The van der Waals surface area contributed by atoms with E-state index in [1.165, 1.54) is 6.21 Å². The normalized spacial score (nSPS) is 10.6. The SMILES string of the molecule is Cc1ccc(NC(=O)C(=O)NCc2ccc(/C=N\NC(=O)c3ccc(Cl)cc3)o2)cc1. The molecule has 0 saturated heterocycles. The van der Waals surface area contributed by atoms with Gasteiger partial charge in [0.1, 0.15) is 11.5 Å². The Labute approximate surface area is 183 Å². The van der Waals surface area contributed by atoms with Crippen LogP contribution in [0.4, 0.5) is 5.69 Å². The van der Waals surface area contributed by atoms with Gasteiger partial charge in [-0.15, -0.1) is 0 Å². The van der Waals surface area contributed by atoms with Crippen LogP contribution in [0.1, 0.15) is 27.4 Å². The van der Waals surface area contributed by atoms with E-state index in [9.17, 15) is 14.4 Å². The van der Waals surface area contributed by atoms with Gasteiger partial charge < -0.3 is 15.1 Å². The number of aryl methyl sites for hydroxylation is 1. The molecule has 1 heterocycles. The van der Waals surface area contributed by atoms with Gasteiger partial charge in [-0.3, -0.25) is 14.4 Å². The lowest BCUT2D eigenvalue weighted by Gasteiger charge is -2.05. The van der Waals surface area contributed by atoms with E-state index in [0.717, 1.165) is 5.56 Å². The monoisotopic (exact) mass is 438 g/mol. The third kappa shape index (κ3) is 6.55. The van der Waals surface area contributed by atoms with E-state index in [4.69, 9.17) is 16.0 Å². The molecule has 2 aromatic carbocycles. The lowest BCUT2D eigenvalue weighted by Crippen LogP contribution is -2.34. The molecule has 9 heteroatoms. The van der Waals surface area contributed by atoms with Crippen LogP contribution in [0.5, 0.6) is 0 Å². The summed E-state index contributed by atoms with van der Waals surface area (Å²) in [6.07, 6.45) is 1.32. The van der Waals surface area contributed by atoms with Crippen molar-refractivity contribution in [3.63, 3.8) is 0 Å². The summed E-state index contributed by atoms with van der Waals surface area (Å²) in [5, 5.41) is 9.35. The average molecular weight is 439 g/mol. The minimum Gasteiger partial charge on any atom is -0.458 e. The lowest BCUT2D eigenvalue weighted by atomic mass is 10.2. The molecule has 0 fully saturated rings. The number of hydrogen-bond donors (Lipinski definition) is 3. The standard InChI is InChI=1S/C22H19ClN4O4/c1-14-2-8-17(9-3-14)26-22(30)21(29)24-12-18-10-11-19(31-18)13-25-27-20(28)15-4-6-16(23)7-5-15/h2-11,13H,12H2,1H3,(H,24,29)(H,26,30)(H,27,28)/b25-13-. The first kappa shape index (κ1) is 21.8. The molecule has 0 aliphatic rings. The molecule has 0 saturated carbocycles. The highest BCUT2D eigenvalue weighted by molar-refractivity contribution is 6.39. The predicted molar refractivity (Wildman–Crippen MR) is 117 cm³/mol. The molecule has 0 aliphatic carbocycles. The van der Waals surface area contributed by atoms with Crippen molar-refractivity contribution in [2.45, 2.75) is 13.5 Å². The summed E-state index contributed by atoms with van der Waals surface area (Å²) in [6, 6.07) is 16.7. The summed E-state index contributed by atoms with van der Waals surface area (Å²) in [6.45, 7) is 1.94. The molecule has 0 atom stereocenters. The summed E-state index contributed by atoms with van der Waals surface area (Å²) in [5.74, 6) is -1.18. The second-order valence-corrected chi connectivity index (χ2v) is 6.95. The summed E-state index contributed by atoms with van der Waals surface area (Å²) >= 11 is 5.78. The van der Waals surface area contributed by atoms with Crippen molar-refractivity contribution < 1.29 is 18.8 Å². The maximum absolute atomic E-state index is 12.0. The van der Waals surface area contributed by atoms with E-state index in [1.807, 2.05) is 19.1 Å². The molecular formula is C22H19ClN4O4. The number of furan rings is 1. The number of nitrogens with zero attached hydrogens (tertiary/aromatic N) is 1. The van der Waals surface area contributed by atoms with E-state index < -0.39 is 17.7 Å². The molecule has 0 bridgehead atoms. The van der Waals surface area contributed by atoms with Crippen molar-refractivity contribution in [3.05, 3.63) is 88.3 Å². The van der Waals surface area contributed by atoms with Crippen LogP contribution in [-0.2, 0) is 16.1 Å². The van der Waals surface area contributed by atoms with Gasteiger partial charge in [0.2, 0.25) is 0 Å². The Bertz CT molecular complexity index is 1110. The number of rotatable bonds is 6. The van der Waals surface area contributed by atoms with E-state index >= 15 is 0 Å². The Morgan fingerprint density at radius 2 is 1.68 bits per heavy atom. The molecule has 158 valence electrons. The lowest BCUT2D eigenvalue weighted by molar-refractivity contribution is -0.136. The van der Waals surface area contributed by atoms with Crippen molar-refractivity contribution in [2.24, 2.45) is 5.10 Å². The van der Waals surface area contributed by atoms with Gasteiger partial charge in [-0.25, -0.2) is 5.43 Å². The Balaban J connectivity index is 1.45. The zero-order valence-electron chi connectivity index (χ0n) is 16.5. The highest BCUT2D eigenvalue weighted by atomic mass is 35.5. The van der Waals surface area contributed by atoms with E-state index in [0.29, 0.717) is 27.8 Å². The quantitative estimate of drug-likeness (QED) is 0.311. The largest absolute Gasteiger partial charge is 0.458 e. The molecule has 0 unspecified atom stereocenters. The van der Waals surface area contributed by atoms with Crippen molar-refractivity contribution in [1.82, 2.24) is 10.7 Å². The Morgan fingerprint density at radius 1 is 0.968 bits per heavy atom. The minimum absolute atomic E-state index is 0.0190. The second-order valence-electron chi connectivity index (χ2n) is 6.51. The third-order valence-electron chi connectivity index (χ3n) is 4.09. The van der Waals surface area contributed by atoms with Crippen LogP contribution in [0, 0.1) is 6.92 Å². The van der Waals surface area contributed by atoms with Gasteiger partial charge in [0.25, 0.3) is 5.91 Å². The molecule has 3 amide bonds. The number of carbonyl (C=O) groups is 3. The van der Waals surface area contributed by atoms with Crippen LogP contribution in [0.25, 0.3) is 0 Å². The fraction of sp³-hybridized carbons (Fsp3) is 0.0909. The number of benzene rings is 2. The molecular weight excluding hydrogens is 420 g/mol. The first-order valence-electron chi connectivity index (χ1n) is 9.24. The van der Waals surface area contributed by atoms with Gasteiger partial charge in [-0.05, 0) is 55.5 Å². The van der Waals surface area contributed by atoms with Gasteiger partial charge in [-0.2, -0.15) is 5.10 Å². The van der Waals surface area contributed by atoms with Crippen molar-refractivity contribution in [2.75, 3.05) is 5.32 Å². The maximum atomic E-state index is 12.0. The highest BCUT2D eigenvalue weighted by Crippen LogP contribution is 2.10. The number of carbonyl (C=O) groups excluding carboxylic acids is 3. The zero-order valence-corrected chi connectivity index (χ0v) is 17.3. The number of anilines is 1. The van der Waals surface area contributed by atoms with Crippen LogP contribution in [-0.4, -0.2) is 23.9 Å². The average Bonchev–Trinajstić information content (AvgIpc) is 3.21. The summed E-state index contributed by atoms with van der Waals surface area (Å²) < 4.78 is 5.48.